The van der Waals surface area contributed by atoms with Gasteiger partial charge in [-0.15, -0.1) is 0 Å². The number of hydrogen-bond acceptors (Lipinski definition) is 2. The van der Waals surface area contributed by atoms with Crippen LogP contribution in [0, 0.1) is 5.92 Å². The molecule has 1 aliphatic heterocycles. The molecule has 21 heavy (non-hydrogen) atoms. The van der Waals surface area contributed by atoms with Crippen LogP contribution in [0.15, 0.2) is 24.3 Å². The molecule has 118 valence electrons. The van der Waals surface area contributed by atoms with E-state index in [-0.39, 0.29) is 0 Å². The van der Waals surface area contributed by atoms with Crippen LogP contribution >= 0.6 is 0 Å². The van der Waals surface area contributed by atoms with Gasteiger partial charge < -0.3 is 10.2 Å². The number of piperazine rings is 1. The Bertz CT molecular complexity index is 412. The Morgan fingerprint density at radius 2 is 1.95 bits per heavy atom. The lowest BCUT2D eigenvalue weighted by molar-refractivity contribution is 0.316. The van der Waals surface area contributed by atoms with Crippen molar-refractivity contribution in [2.75, 3.05) is 18.0 Å². The first-order valence-corrected chi connectivity index (χ1v) is 8.74. The first-order valence-electron chi connectivity index (χ1n) is 8.74. The minimum atomic E-state index is 0.576. The van der Waals surface area contributed by atoms with Crippen molar-refractivity contribution in [2.24, 2.45) is 5.92 Å². The van der Waals surface area contributed by atoms with Crippen LogP contribution in [0.3, 0.4) is 0 Å². The maximum Gasteiger partial charge on any atom is 0.0387 e. The summed E-state index contributed by atoms with van der Waals surface area (Å²) in [5.74, 6) is 0.740. The summed E-state index contributed by atoms with van der Waals surface area (Å²) in [5, 5.41) is 3.72. The fraction of sp³-hybridized carbons (Fsp3) is 0.684. The predicted octanol–water partition coefficient (Wildman–Crippen LogP) is 4.24. The number of nitrogens with zero attached hydrogens (tertiary/aromatic N) is 1. The molecule has 0 aliphatic carbocycles. The molecule has 2 rings (SSSR count). The third-order valence-corrected chi connectivity index (χ3v) is 5.02. The van der Waals surface area contributed by atoms with Gasteiger partial charge in [0, 0.05) is 30.9 Å². The van der Waals surface area contributed by atoms with Crippen LogP contribution in [0.25, 0.3) is 0 Å². The van der Waals surface area contributed by atoms with Crippen molar-refractivity contribution in [3.63, 3.8) is 0 Å². The minimum Gasteiger partial charge on any atom is -0.366 e. The summed E-state index contributed by atoms with van der Waals surface area (Å²) in [7, 11) is 0. The van der Waals surface area contributed by atoms with Crippen molar-refractivity contribution in [1.29, 1.82) is 0 Å². The lowest BCUT2D eigenvalue weighted by atomic mass is 9.95. The zero-order valence-corrected chi connectivity index (χ0v) is 14.2. The normalized spacial score (nSPS) is 24.1. The van der Waals surface area contributed by atoms with Crippen LogP contribution < -0.4 is 10.2 Å². The molecule has 2 heteroatoms. The molecule has 1 saturated heterocycles. The van der Waals surface area contributed by atoms with E-state index >= 15 is 0 Å². The number of unbranched alkanes of at least 4 members (excludes halogenated alkanes) is 1. The number of rotatable bonds is 6. The van der Waals surface area contributed by atoms with Crippen molar-refractivity contribution in [3.05, 3.63) is 29.8 Å². The van der Waals surface area contributed by atoms with E-state index in [2.05, 4.69) is 62.2 Å². The van der Waals surface area contributed by atoms with Gasteiger partial charge in [0.15, 0.2) is 0 Å². The summed E-state index contributed by atoms with van der Waals surface area (Å²) in [6.07, 6.45) is 5.02. The molecule has 0 saturated carbocycles. The van der Waals surface area contributed by atoms with E-state index in [4.69, 9.17) is 0 Å². The molecule has 0 radical (unpaired) electrons. The molecule has 0 spiro atoms. The second kappa shape index (κ2) is 7.84. The van der Waals surface area contributed by atoms with Gasteiger partial charge in [-0.05, 0) is 43.4 Å². The highest BCUT2D eigenvalue weighted by Gasteiger charge is 2.27. The van der Waals surface area contributed by atoms with Crippen LogP contribution in [-0.4, -0.2) is 25.2 Å². The van der Waals surface area contributed by atoms with Crippen molar-refractivity contribution in [2.45, 2.75) is 65.5 Å². The van der Waals surface area contributed by atoms with E-state index in [9.17, 15) is 0 Å². The zero-order chi connectivity index (χ0) is 15.2. The number of aryl methyl sites for hydroxylation is 1. The van der Waals surface area contributed by atoms with Crippen LogP contribution in [0.1, 0.15) is 52.5 Å². The molecular weight excluding hydrogens is 256 g/mol. The second-order valence-corrected chi connectivity index (χ2v) is 6.67. The van der Waals surface area contributed by atoms with E-state index in [0.717, 1.165) is 19.0 Å². The highest BCUT2D eigenvalue weighted by atomic mass is 15.2. The van der Waals surface area contributed by atoms with E-state index in [0.29, 0.717) is 12.1 Å². The van der Waals surface area contributed by atoms with Gasteiger partial charge in [-0.1, -0.05) is 45.7 Å². The van der Waals surface area contributed by atoms with E-state index in [1.54, 1.807) is 0 Å². The molecule has 3 atom stereocenters. The van der Waals surface area contributed by atoms with Crippen LogP contribution in [-0.2, 0) is 6.42 Å². The van der Waals surface area contributed by atoms with Crippen molar-refractivity contribution in [3.8, 4) is 0 Å². The standard InChI is InChI=1S/C19H32N2/c1-5-7-8-17-9-11-18(12-10-17)21-14-19(15(3)6-2)20-13-16(21)4/h9-12,15-16,19-20H,5-8,13-14H2,1-4H3. The first kappa shape index (κ1) is 16.4. The molecule has 0 amide bonds. The van der Waals surface area contributed by atoms with Crippen LogP contribution in [0.5, 0.6) is 0 Å². The molecule has 1 N–H and O–H groups in total. The number of anilines is 1. The van der Waals surface area contributed by atoms with Gasteiger partial charge in [-0.2, -0.15) is 0 Å². The third kappa shape index (κ3) is 4.23. The highest BCUT2D eigenvalue weighted by Crippen LogP contribution is 2.23. The number of benzene rings is 1. The Kier molecular flexibility index (Phi) is 6.10. The predicted molar refractivity (Wildman–Crippen MR) is 93.1 cm³/mol. The fourth-order valence-electron chi connectivity index (χ4n) is 3.15. The first-order chi connectivity index (χ1) is 10.2. The molecule has 3 unspecified atom stereocenters. The second-order valence-electron chi connectivity index (χ2n) is 6.67. The molecule has 1 aliphatic rings. The van der Waals surface area contributed by atoms with Gasteiger partial charge in [0.2, 0.25) is 0 Å². The molecular formula is C19H32N2. The van der Waals surface area contributed by atoms with E-state index < -0.39 is 0 Å². The summed E-state index contributed by atoms with van der Waals surface area (Å²) < 4.78 is 0. The van der Waals surface area contributed by atoms with Crippen molar-refractivity contribution in [1.82, 2.24) is 5.32 Å². The van der Waals surface area contributed by atoms with Gasteiger partial charge in [-0.25, -0.2) is 0 Å². The van der Waals surface area contributed by atoms with E-state index in [1.807, 2.05) is 0 Å². The Hall–Kier alpha value is -1.02. The van der Waals surface area contributed by atoms with Crippen molar-refractivity contribution >= 4 is 5.69 Å². The summed E-state index contributed by atoms with van der Waals surface area (Å²) in [5.41, 5.74) is 2.86. The topological polar surface area (TPSA) is 15.3 Å². The summed E-state index contributed by atoms with van der Waals surface area (Å²) in [4.78, 5) is 2.58. The van der Waals surface area contributed by atoms with Gasteiger partial charge in [0.1, 0.15) is 0 Å². The average molecular weight is 288 g/mol. The average Bonchev–Trinajstić information content (AvgIpc) is 2.53. The largest absolute Gasteiger partial charge is 0.366 e. The maximum atomic E-state index is 3.72. The van der Waals surface area contributed by atoms with Crippen LogP contribution in [0.2, 0.25) is 0 Å². The molecule has 0 aromatic heterocycles. The zero-order valence-electron chi connectivity index (χ0n) is 14.2. The SMILES string of the molecule is CCCCc1ccc(N2CC(C(C)CC)NCC2C)cc1. The number of hydrogen-bond donors (Lipinski definition) is 1. The van der Waals surface area contributed by atoms with Crippen molar-refractivity contribution < 1.29 is 0 Å². The lowest BCUT2D eigenvalue weighted by Gasteiger charge is -2.42. The molecule has 1 fully saturated rings. The molecule has 0 bridgehead atoms. The molecule has 1 heterocycles. The van der Waals surface area contributed by atoms with Gasteiger partial charge >= 0.3 is 0 Å². The Morgan fingerprint density at radius 3 is 2.57 bits per heavy atom. The summed E-state index contributed by atoms with van der Waals surface area (Å²) in [6, 6.07) is 10.5. The quantitative estimate of drug-likeness (QED) is 0.842. The van der Waals surface area contributed by atoms with Gasteiger partial charge in [0.05, 0.1) is 0 Å². The molecule has 2 nitrogen and oxygen atoms in total. The lowest BCUT2D eigenvalue weighted by Crippen LogP contribution is -2.57. The fourth-order valence-corrected chi connectivity index (χ4v) is 3.15. The number of nitrogens with one attached hydrogen (secondary N) is 1. The summed E-state index contributed by atoms with van der Waals surface area (Å²) >= 11 is 0. The Morgan fingerprint density at radius 1 is 1.24 bits per heavy atom. The third-order valence-electron chi connectivity index (χ3n) is 5.02. The molecule has 1 aromatic carbocycles. The van der Waals surface area contributed by atoms with Gasteiger partial charge in [0.25, 0.3) is 0 Å². The van der Waals surface area contributed by atoms with Gasteiger partial charge in [-0.3, -0.25) is 0 Å². The minimum absolute atomic E-state index is 0.576. The van der Waals surface area contributed by atoms with E-state index in [1.165, 1.54) is 36.9 Å². The Balaban J connectivity index is 2.04. The smallest absolute Gasteiger partial charge is 0.0387 e. The van der Waals surface area contributed by atoms with Crippen LogP contribution in [0.4, 0.5) is 5.69 Å². The maximum absolute atomic E-state index is 3.72. The summed E-state index contributed by atoms with van der Waals surface area (Å²) in [6.45, 7) is 11.4. The molecule has 1 aromatic rings. The Labute approximate surface area is 130 Å². The monoisotopic (exact) mass is 288 g/mol. The highest BCUT2D eigenvalue weighted by molar-refractivity contribution is 5.49.